The number of hydrogen-bond acceptors (Lipinski definition) is 2. The van der Waals surface area contributed by atoms with Crippen LogP contribution in [-0.4, -0.2) is 12.6 Å². The van der Waals surface area contributed by atoms with E-state index in [1.165, 1.54) is 5.56 Å². The van der Waals surface area contributed by atoms with Crippen molar-refractivity contribution in [3.63, 3.8) is 0 Å². The quantitative estimate of drug-likeness (QED) is 0.582. The summed E-state index contributed by atoms with van der Waals surface area (Å²) in [7, 11) is 0. The van der Waals surface area contributed by atoms with E-state index in [2.05, 4.69) is 6.58 Å². The lowest BCUT2D eigenvalue weighted by Gasteiger charge is -1.95. The van der Waals surface area contributed by atoms with E-state index in [1.807, 2.05) is 49.4 Å². The van der Waals surface area contributed by atoms with E-state index in [-0.39, 0.29) is 5.97 Å². The van der Waals surface area contributed by atoms with Crippen molar-refractivity contribution < 1.29 is 9.53 Å². The third kappa shape index (κ3) is 9.12. The predicted molar refractivity (Wildman–Crippen MR) is 72.6 cm³/mol. The Morgan fingerprint density at radius 1 is 1.35 bits per heavy atom. The molecule has 17 heavy (non-hydrogen) atoms. The van der Waals surface area contributed by atoms with Gasteiger partial charge in [0.1, 0.15) is 6.61 Å². The fourth-order valence-corrected chi connectivity index (χ4v) is 0.928. The molecule has 0 fully saturated rings. The number of allylic oxidation sites excluding steroid dienone is 1. The van der Waals surface area contributed by atoms with E-state index in [0.717, 1.165) is 0 Å². The Balaban J connectivity index is 0.000000302. The Bertz CT molecular complexity index is 339. The van der Waals surface area contributed by atoms with Crippen molar-refractivity contribution in [2.75, 3.05) is 6.61 Å². The molecule has 0 atom stereocenters. The molecular formula is C15H20O2. The second kappa shape index (κ2) is 10.7. The van der Waals surface area contributed by atoms with Crippen molar-refractivity contribution in [3.05, 3.63) is 54.6 Å². The van der Waals surface area contributed by atoms with Crippen molar-refractivity contribution in [3.8, 4) is 0 Å². The van der Waals surface area contributed by atoms with Crippen LogP contribution >= 0.6 is 0 Å². The minimum Gasteiger partial charge on any atom is -0.461 e. The molecule has 0 spiro atoms. The van der Waals surface area contributed by atoms with Crippen molar-refractivity contribution in [2.45, 2.75) is 20.3 Å². The highest BCUT2D eigenvalue weighted by Gasteiger charge is 1.92. The van der Waals surface area contributed by atoms with Gasteiger partial charge in [-0.1, -0.05) is 62.1 Å². The van der Waals surface area contributed by atoms with Gasteiger partial charge in [-0.2, -0.15) is 0 Å². The molecule has 0 aliphatic carbocycles. The first-order valence-corrected chi connectivity index (χ1v) is 5.68. The topological polar surface area (TPSA) is 26.3 Å². The van der Waals surface area contributed by atoms with Gasteiger partial charge in [-0.3, -0.25) is 4.79 Å². The van der Waals surface area contributed by atoms with Gasteiger partial charge < -0.3 is 4.74 Å². The average Bonchev–Trinajstić information content (AvgIpc) is 2.40. The number of ether oxygens (including phenoxy) is 1. The van der Waals surface area contributed by atoms with Gasteiger partial charge >= 0.3 is 5.97 Å². The molecule has 1 aromatic rings. The summed E-state index contributed by atoms with van der Waals surface area (Å²) < 4.78 is 4.71. The maximum atomic E-state index is 10.4. The summed E-state index contributed by atoms with van der Waals surface area (Å²) in [6, 6.07) is 10.0. The summed E-state index contributed by atoms with van der Waals surface area (Å²) in [4.78, 5) is 10.4. The van der Waals surface area contributed by atoms with Gasteiger partial charge in [-0.15, -0.1) is 0 Å². The van der Waals surface area contributed by atoms with Gasteiger partial charge in [0.25, 0.3) is 0 Å². The second-order valence-corrected chi connectivity index (χ2v) is 3.22. The molecule has 2 heteroatoms. The number of carbonyl (C=O) groups excluding carboxylic acids is 1. The van der Waals surface area contributed by atoms with Crippen LogP contribution in [-0.2, 0) is 9.53 Å². The number of esters is 1. The molecule has 0 bridgehead atoms. The number of hydrogen-bond donors (Lipinski definition) is 0. The van der Waals surface area contributed by atoms with Crippen molar-refractivity contribution >= 4 is 12.0 Å². The summed E-state index contributed by atoms with van der Waals surface area (Å²) in [5.74, 6) is -0.145. The van der Waals surface area contributed by atoms with Crippen LogP contribution < -0.4 is 0 Å². The van der Waals surface area contributed by atoms with Crippen LogP contribution in [0.5, 0.6) is 0 Å². The molecule has 0 radical (unpaired) electrons. The minimum atomic E-state index is -0.145. The van der Waals surface area contributed by atoms with Gasteiger partial charge in [0.05, 0.1) is 0 Å². The first-order chi connectivity index (χ1) is 8.24. The molecule has 1 rings (SSSR count). The lowest BCUT2D eigenvalue weighted by atomic mass is 10.2. The number of carbonyl (C=O) groups is 1. The van der Waals surface area contributed by atoms with Crippen LogP contribution in [0.15, 0.2) is 49.1 Å². The largest absolute Gasteiger partial charge is 0.461 e. The van der Waals surface area contributed by atoms with Crippen LogP contribution in [0.2, 0.25) is 0 Å². The fourth-order valence-electron chi connectivity index (χ4n) is 0.928. The van der Waals surface area contributed by atoms with Crippen LogP contribution in [0.4, 0.5) is 0 Å². The van der Waals surface area contributed by atoms with Crippen LogP contribution in [0.3, 0.4) is 0 Å². The van der Waals surface area contributed by atoms with E-state index in [4.69, 9.17) is 4.74 Å². The van der Waals surface area contributed by atoms with Crippen LogP contribution in [0.25, 0.3) is 6.08 Å². The lowest BCUT2D eigenvalue weighted by molar-refractivity contribution is -0.141. The Kier molecular flexibility index (Phi) is 9.53. The molecule has 0 amide bonds. The summed E-state index contributed by atoms with van der Waals surface area (Å²) in [6.45, 7) is 7.70. The van der Waals surface area contributed by atoms with Gasteiger partial charge in [-0.25, -0.2) is 0 Å². The zero-order valence-corrected chi connectivity index (χ0v) is 10.6. The van der Waals surface area contributed by atoms with Gasteiger partial charge in [-0.05, 0) is 12.5 Å². The van der Waals surface area contributed by atoms with E-state index in [0.29, 0.717) is 13.0 Å². The van der Waals surface area contributed by atoms with E-state index < -0.39 is 0 Å². The molecular weight excluding hydrogens is 212 g/mol. The summed E-state index contributed by atoms with van der Waals surface area (Å²) in [6.07, 6.45) is 5.94. The Hall–Kier alpha value is -1.83. The third-order valence-electron chi connectivity index (χ3n) is 1.90. The number of benzene rings is 1. The van der Waals surface area contributed by atoms with E-state index in [9.17, 15) is 4.79 Å². The summed E-state index contributed by atoms with van der Waals surface area (Å²) >= 11 is 0. The fraction of sp³-hybridized carbons (Fsp3) is 0.267. The molecule has 0 heterocycles. The third-order valence-corrected chi connectivity index (χ3v) is 1.90. The minimum absolute atomic E-state index is 0.145. The zero-order valence-electron chi connectivity index (χ0n) is 10.6. The monoisotopic (exact) mass is 232 g/mol. The maximum Gasteiger partial charge on any atom is 0.305 e. The molecule has 0 unspecified atom stereocenters. The predicted octanol–water partition coefficient (Wildman–Crippen LogP) is 3.85. The Morgan fingerprint density at radius 2 is 2.00 bits per heavy atom. The standard InChI is InChI=1S/C8H8.C7H12O2/c1-2-8-6-4-3-5-7-8;1-3-5-6-9-7(8)4-2/h2-7H,1H2;3,5H,4,6H2,1-2H3. The first-order valence-electron chi connectivity index (χ1n) is 5.68. The smallest absolute Gasteiger partial charge is 0.305 e. The highest BCUT2D eigenvalue weighted by Crippen LogP contribution is 1.97. The molecule has 2 nitrogen and oxygen atoms in total. The molecule has 0 aliphatic rings. The van der Waals surface area contributed by atoms with Crippen molar-refractivity contribution in [2.24, 2.45) is 0 Å². The molecule has 0 N–H and O–H groups in total. The molecule has 0 saturated heterocycles. The van der Waals surface area contributed by atoms with Gasteiger partial charge in [0.15, 0.2) is 0 Å². The molecule has 0 saturated carbocycles. The van der Waals surface area contributed by atoms with E-state index in [1.54, 1.807) is 13.0 Å². The Morgan fingerprint density at radius 3 is 2.41 bits per heavy atom. The van der Waals surface area contributed by atoms with Gasteiger partial charge in [0.2, 0.25) is 0 Å². The molecule has 0 aromatic heterocycles. The highest BCUT2D eigenvalue weighted by molar-refractivity contribution is 5.68. The van der Waals surface area contributed by atoms with Crippen molar-refractivity contribution in [1.82, 2.24) is 0 Å². The SMILES string of the molecule is C=Cc1ccccc1.CC=CCOC(=O)CC. The summed E-state index contributed by atoms with van der Waals surface area (Å²) in [5, 5.41) is 0. The van der Waals surface area contributed by atoms with Crippen LogP contribution in [0.1, 0.15) is 25.8 Å². The molecule has 1 aromatic carbocycles. The van der Waals surface area contributed by atoms with Gasteiger partial charge in [0, 0.05) is 6.42 Å². The molecule has 0 aliphatic heterocycles. The van der Waals surface area contributed by atoms with Crippen LogP contribution in [0, 0.1) is 0 Å². The van der Waals surface area contributed by atoms with Crippen molar-refractivity contribution in [1.29, 1.82) is 0 Å². The highest BCUT2D eigenvalue weighted by atomic mass is 16.5. The molecule has 92 valence electrons. The zero-order chi connectivity index (χ0) is 12.9. The second-order valence-electron chi connectivity index (χ2n) is 3.22. The maximum absolute atomic E-state index is 10.4. The Labute approximate surface area is 104 Å². The van der Waals surface area contributed by atoms with E-state index >= 15 is 0 Å². The normalized spacial score (nSPS) is 9.29. The number of rotatable bonds is 4. The lowest BCUT2D eigenvalue weighted by Crippen LogP contribution is -2.01. The first kappa shape index (κ1) is 15.2. The summed E-state index contributed by atoms with van der Waals surface area (Å²) in [5.41, 5.74) is 1.17. The average molecular weight is 232 g/mol.